The molecule has 2 unspecified atom stereocenters. The lowest BCUT2D eigenvalue weighted by molar-refractivity contribution is -0.128. The van der Waals surface area contributed by atoms with E-state index in [1.165, 1.54) is 7.11 Å². The molecule has 0 spiro atoms. The van der Waals surface area contributed by atoms with Gasteiger partial charge in [-0.05, 0) is 0 Å². The summed E-state index contributed by atoms with van der Waals surface area (Å²) >= 11 is 0. The molecule has 0 aromatic rings. The van der Waals surface area contributed by atoms with Crippen molar-refractivity contribution in [1.82, 2.24) is 5.32 Å². The first-order valence-corrected chi connectivity index (χ1v) is 3.19. The van der Waals surface area contributed by atoms with Gasteiger partial charge in [-0.25, -0.2) is 0 Å². The van der Waals surface area contributed by atoms with E-state index < -0.39 is 0 Å². The van der Waals surface area contributed by atoms with Gasteiger partial charge in [0, 0.05) is 18.7 Å². The van der Waals surface area contributed by atoms with Crippen LogP contribution in [0.5, 0.6) is 0 Å². The second kappa shape index (κ2) is 2.42. The van der Waals surface area contributed by atoms with E-state index in [-0.39, 0.29) is 17.9 Å². The molecule has 3 heteroatoms. The van der Waals surface area contributed by atoms with Crippen molar-refractivity contribution < 1.29 is 9.53 Å². The minimum atomic E-state index is -0.340. The van der Waals surface area contributed by atoms with Crippen LogP contribution in [-0.4, -0.2) is 19.1 Å². The molecule has 0 aliphatic carbocycles. The molecule has 1 N–H and O–H groups in total. The maximum absolute atomic E-state index is 10.9. The number of carbonyl (C=O) groups excluding carboxylic acids is 1. The van der Waals surface area contributed by atoms with Crippen molar-refractivity contribution in [3.63, 3.8) is 0 Å². The molecule has 1 heterocycles. The van der Waals surface area contributed by atoms with Gasteiger partial charge in [0.25, 0.3) is 5.91 Å². The quantitative estimate of drug-likeness (QED) is 0.569. The Morgan fingerprint density at radius 1 is 1.70 bits per heavy atom. The molecule has 1 amide bonds. The summed E-state index contributed by atoms with van der Waals surface area (Å²) in [5, 5.41) is 2.61. The van der Waals surface area contributed by atoms with E-state index in [4.69, 9.17) is 4.74 Å². The fourth-order valence-electron chi connectivity index (χ4n) is 1.06. The topological polar surface area (TPSA) is 38.3 Å². The number of methoxy groups -OCH3 is 1. The Hall–Kier alpha value is -0.830. The Balaban J connectivity index is 2.73. The van der Waals surface area contributed by atoms with Gasteiger partial charge in [0.1, 0.15) is 6.10 Å². The first-order valence-electron chi connectivity index (χ1n) is 3.19. The maximum atomic E-state index is 10.9. The van der Waals surface area contributed by atoms with E-state index >= 15 is 0 Å². The molecular weight excluding hydrogens is 130 g/mol. The lowest BCUT2D eigenvalue weighted by Gasteiger charge is -2.08. The van der Waals surface area contributed by atoms with Crippen LogP contribution in [0.3, 0.4) is 0 Å². The SMILES string of the molecule is C=C1NC(=O)C(OC)C1C. The molecule has 10 heavy (non-hydrogen) atoms. The van der Waals surface area contributed by atoms with Crippen molar-refractivity contribution in [2.45, 2.75) is 13.0 Å². The summed E-state index contributed by atoms with van der Waals surface area (Å²) in [6.07, 6.45) is -0.340. The van der Waals surface area contributed by atoms with Gasteiger partial charge in [-0.1, -0.05) is 13.5 Å². The number of amides is 1. The fraction of sp³-hybridized carbons (Fsp3) is 0.571. The van der Waals surface area contributed by atoms with Crippen LogP contribution in [0.1, 0.15) is 6.92 Å². The number of ether oxygens (including phenoxy) is 1. The number of rotatable bonds is 1. The average molecular weight is 141 g/mol. The highest BCUT2D eigenvalue weighted by Crippen LogP contribution is 2.20. The largest absolute Gasteiger partial charge is 0.371 e. The average Bonchev–Trinajstić information content (AvgIpc) is 2.09. The van der Waals surface area contributed by atoms with Gasteiger partial charge in [0.05, 0.1) is 0 Å². The van der Waals surface area contributed by atoms with Crippen LogP contribution < -0.4 is 5.32 Å². The van der Waals surface area contributed by atoms with Crippen LogP contribution in [0.25, 0.3) is 0 Å². The molecule has 0 bridgehead atoms. The molecule has 3 nitrogen and oxygen atoms in total. The molecular formula is C7H11NO2. The Morgan fingerprint density at radius 2 is 2.30 bits per heavy atom. The first kappa shape index (κ1) is 7.28. The number of nitrogens with one attached hydrogen (secondary N) is 1. The zero-order valence-corrected chi connectivity index (χ0v) is 6.18. The fourth-order valence-corrected chi connectivity index (χ4v) is 1.06. The number of hydrogen-bond donors (Lipinski definition) is 1. The summed E-state index contributed by atoms with van der Waals surface area (Å²) in [4.78, 5) is 10.9. The third-order valence-electron chi connectivity index (χ3n) is 1.80. The van der Waals surface area contributed by atoms with Crippen molar-refractivity contribution in [2.75, 3.05) is 7.11 Å². The Kier molecular flexibility index (Phi) is 1.76. The van der Waals surface area contributed by atoms with Gasteiger partial charge < -0.3 is 10.1 Å². The van der Waals surface area contributed by atoms with Crippen LogP contribution in [0, 0.1) is 5.92 Å². The van der Waals surface area contributed by atoms with Crippen molar-refractivity contribution in [1.29, 1.82) is 0 Å². The predicted molar refractivity (Wildman–Crippen MR) is 37.2 cm³/mol. The highest BCUT2D eigenvalue weighted by atomic mass is 16.5. The molecule has 0 saturated carbocycles. The third-order valence-corrected chi connectivity index (χ3v) is 1.80. The molecule has 0 radical (unpaired) electrons. The van der Waals surface area contributed by atoms with E-state index in [2.05, 4.69) is 11.9 Å². The normalized spacial score (nSPS) is 32.6. The van der Waals surface area contributed by atoms with Crippen molar-refractivity contribution in [3.05, 3.63) is 12.3 Å². The summed E-state index contributed by atoms with van der Waals surface area (Å²) in [6.45, 7) is 5.58. The second-order valence-electron chi connectivity index (χ2n) is 2.46. The number of carbonyl (C=O) groups is 1. The van der Waals surface area contributed by atoms with Crippen LogP contribution in [-0.2, 0) is 9.53 Å². The molecule has 1 rings (SSSR count). The van der Waals surface area contributed by atoms with Gasteiger partial charge in [0.2, 0.25) is 0 Å². The standard InChI is InChI=1S/C7H11NO2/c1-4-5(2)8-7(9)6(4)10-3/h4,6H,2H2,1,3H3,(H,8,9). The van der Waals surface area contributed by atoms with E-state index in [0.717, 1.165) is 5.70 Å². The Morgan fingerprint density at radius 3 is 2.50 bits per heavy atom. The molecule has 0 aromatic carbocycles. The molecule has 1 fully saturated rings. The molecule has 2 atom stereocenters. The van der Waals surface area contributed by atoms with Crippen molar-refractivity contribution in [3.8, 4) is 0 Å². The van der Waals surface area contributed by atoms with Gasteiger partial charge in [-0.3, -0.25) is 4.79 Å². The zero-order chi connectivity index (χ0) is 7.72. The van der Waals surface area contributed by atoms with Crippen molar-refractivity contribution >= 4 is 5.91 Å². The molecule has 1 saturated heterocycles. The lowest BCUT2D eigenvalue weighted by atomic mass is 10.1. The monoisotopic (exact) mass is 141 g/mol. The second-order valence-corrected chi connectivity index (χ2v) is 2.46. The Labute approximate surface area is 60.1 Å². The van der Waals surface area contributed by atoms with Gasteiger partial charge in [-0.15, -0.1) is 0 Å². The molecule has 56 valence electrons. The van der Waals surface area contributed by atoms with Crippen LogP contribution in [0.2, 0.25) is 0 Å². The summed E-state index contributed by atoms with van der Waals surface area (Å²) in [7, 11) is 1.53. The van der Waals surface area contributed by atoms with E-state index in [0.29, 0.717) is 0 Å². The lowest BCUT2D eigenvalue weighted by Crippen LogP contribution is -2.25. The van der Waals surface area contributed by atoms with E-state index in [1.54, 1.807) is 0 Å². The smallest absolute Gasteiger partial charge is 0.253 e. The van der Waals surface area contributed by atoms with Gasteiger partial charge >= 0.3 is 0 Å². The van der Waals surface area contributed by atoms with Crippen LogP contribution in [0.4, 0.5) is 0 Å². The van der Waals surface area contributed by atoms with Crippen molar-refractivity contribution in [2.24, 2.45) is 5.92 Å². The molecule has 1 aliphatic rings. The van der Waals surface area contributed by atoms with Crippen LogP contribution >= 0.6 is 0 Å². The van der Waals surface area contributed by atoms with Crippen LogP contribution in [0.15, 0.2) is 12.3 Å². The highest BCUT2D eigenvalue weighted by Gasteiger charge is 2.34. The zero-order valence-electron chi connectivity index (χ0n) is 6.18. The summed E-state index contributed by atoms with van der Waals surface area (Å²) in [6, 6.07) is 0. The molecule has 0 aromatic heterocycles. The van der Waals surface area contributed by atoms with E-state index in [9.17, 15) is 4.79 Å². The predicted octanol–water partition coefficient (Wildman–Crippen LogP) is 0.281. The Bertz CT molecular complexity index is 176. The number of hydrogen-bond acceptors (Lipinski definition) is 2. The third kappa shape index (κ3) is 0.926. The first-order chi connectivity index (χ1) is 4.66. The summed E-state index contributed by atoms with van der Waals surface area (Å²) < 4.78 is 4.93. The minimum absolute atomic E-state index is 0.0833. The maximum Gasteiger partial charge on any atom is 0.253 e. The minimum Gasteiger partial charge on any atom is -0.371 e. The highest BCUT2D eigenvalue weighted by molar-refractivity contribution is 5.86. The summed E-state index contributed by atoms with van der Waals surface area (Å²) in [5.41, 5.74) is 0.747. The summed E-state index contributed by atoms with van der Waals surface area (Å²) in [5.74, 6) is 0.0116. The van der Waals surface area contributed by atoms with E-state index in [1.807, 2.05) is 6.92 Å². The molecule has 1 aliphatic heterocycles. The van der Waals surface area contributed by atoms with Gasteiger partial charge in [-0.2, -0.15) is 0 Å². The van der Waals surface area contributed by atoms with Gasteiger partial charge in [0.15, 0.2) is 0 Å².